The third kappa shape index (κ3) is 2.56. The van der Waals surface area contributed by atoms with E-state index in [0.717, 1.165) is 0 Å². The van der Waals surface area contributed by atoms with Crippen LogP contribution in [0.25, 0.3) is 0 Å². The number of hydrogen-bond donors (Lipinski definition) is 2. The van der Waals surface area contributed by atoms with Crippen LogP contribution in [0, 0.1) is 5.82 Å². The van der Waals surface area contributed by atoms with Gasteiger partial charge >= 0.3 is 5.97 Å². The Bertz CT molecular complexity index is 390. The predicted octanol–water partition coefficient (Wildman–Crippen LogP) is 2.51. The topological polar surface area (TPSA) is 49.3 Å². The first-order valence-electron chi connectivity index (χ1n) is 4.47. The molecule has 0 radical (unpaired) electrons. The molecule has 0 bridgehead atoms. The van der Waals surface area contributed by atoms with Gasteiger partial charge in [-0.05, 0) is 19.1 Å². The Morgan fingerprint density at radius 1 is 1.67 bits per heavy atom. The molecule has 0 aromatic heterocycles. The Morgan fingerprint density at radius 3 is 2.87 bits per heavy atom. The van der Waals surface area contributed by atoms with E-state index in [0.29, 0.717) is 0 Å². The van der Waals surface area contributed by atoms with Crippen LogP contribution in [0.2, 0.25) is 0 Å². The van der Waals surface area contributed by atoms with Crippen LogP contribution in [0.15, 0.2) is 30.9 Å². The van der Waals surface area contributed by atoms with Gasteiger partial charge in [-0.1, -0.05) is 12.1 Å². The molecule has 1 aromatic rings. The summed E-state index contributed by atoms with van der Waals surface area (Å²) in [6.45, 7) is 5.28. The number of rotatable bonds is 4. The lowest BCUT2D eigenvalue weighted by molar-refractivity contribution is 0.0697. The van der Waals surface area contributed by atoms with Crippen molar-refractivity contribution < 1.29 is 14.3 Å². The minimum atomic E-state index is -1.16. The van der Waals surface area contributed by atoms with Crippen molar-refractivity contribution in [2.24, 2.45) is 0 Å². The highest BCUT2D eigenvalue weighted by atomic mass is 19.1. The molecule has 0 aliphatic carbocycles. The standard InChI is InChI=1S/C11H12FNO2/c1-3-7(2)13-10-8(11(14)15)5-4-6-9(10)12/h3-7,13H,1H2,2H3,(H,14,15). The van der Waals surface area contributed by atoms with Crippen molar-refractivity contribution in [1.29, 1.82) is 0 Å². The van der Waals surface area contributed by atoms with Gasteiger partial charge < -0.3 is 10.4 Å². The van der Waals surface area contributed by atoms with E-state index in [1.807, 2.05) is 0 Å². The molecule has 0 aliphatic rings. The summed E-state index contributed by atoms with van der Waals surface area (Å²) in [5.74, 6) is -1.74. The van der Waals surface area contributed by atoms with Crippen molar-refractivity contribution in [2.45, 2.75) is 13.0 Å². The van der Waals surface area contributed by atoms with Crippen LogP contribution in [0.4, 0.5) is 10.1 Å². The molecule has 80 valence electrons. The molecular formula is C11H12FNO2. The van der Waals surface area contributed by atoms with Gasteiger partial charge in [0.2, 0.25) is 0 Å². The molecule has 2 N–H and O–H groups in total. The van der Waals surface area contributed by atoms with Gasteiger partial charge in [-0.2, -0.15) is 0 Å². The van der Waals surface area contributed by atoms with Crippen LogP contribution >= 0.6 is 0 Å². The second-order valence-electron chi connectivity index (χ2n) is 3.14. The summed E-state index contributed by atoms with van der Waals surface area (Å²) in [7, 11) is 0. The number of carboxylic acid groups (broad SMARTS) is 1. The average molecular weight is 209 g/mol. The Kier molecular flexibility index (Phi) is 3.44. The maximum atomic E-state index is 13.3. The molecule has 3 nitrogen and oxygen atoms in total. The summed E-state index contributed by atoms with van der Waals surface area (Å²) >= 11 is 0. The third-order valence-corrected chi connectivity index (χ3v) is 1.97. The van der Waals surface area contributed by atoms with E-state index in [9.17, 15) is 9.18 Å². The third-order valence-electron chi connectivity index (χ3n) is 1.97. The molecule has 0 fully saturated rings. The SMILES string of the molecule is C=CC(C)Nc1c(F)cccc1C(=O)O. The second-order valence-corrected chi connectivity index (χ2v) is 3.14. The first-order chi connectivity index (χ1) is 7.06. The normalized spacial score (nSPS) is 11.9. The Hall–Kier alpha value is -1.84. The molecule has 0 amide bonds. The van der Waals surface area contributed by atoms with Crippen molar-refractivity contribution in [3.63, 3.8) is 0 Å². The summed E-state index contributed by atoms with van der Waals surface area (Å²) in [6.07, 6.45) is 1.57. The number of aromatic carboxylic acids is 1. The number of anilines is 1. The van der Waals surface area contributed by atoms with Crippen molar-refractivity contribution in [3.05, 3.63) is 42.2 Å². The zero-order chi connectivity index (χ0) is 11.4. The predicted molar refractivity (Wildman–Crippen MR) is 56.6 cm³/mol. The lowest BCUT2D eigenvalue weighted by Gasteiger charge is -2.13. The highest BCUT2D eigenvalue weighted by Gasteiger charge is 2.14. The minimum Gasteiger partial charge on any atom is -0.478 e. The summed E-state index contributed by atoms with van der Waals surface area (Å²) in [4.78, 5) is 10.8. The van der Waals surface area contributed by atoms with E-state index < -0.39 is 11.8 Å². The van der Waals surface area contributed by atoms with Crippen molar-refractivity contribution >= 4 is 11.7 Å². The fourth-order valence-electron chi connectivity index (χ4n) is 1.14. The largest absolute Gasteiger partial charge is 0.478 e. The van der Waals surface area contributed by atoms with Gasteiger partial charge in [-0.15, -0.1) is 6.58 Å². The van der Waals surface area contributed by atoms with Gasteiger partial charge in [-0.3, -0.25) is 0 Å². The number of benzene rings is 1. The molecule has 1 aromatic carbocycles. The summed E-state index contributed by atoms with van der Waals surface area (Å²) in [6, 6.07) is 3.73. The number of hydrogen-bond acceptors (Lipinski definition) is 2. The molecule has 1 unspecified atom stereocenters. The van der Waals surface area contributed by atoms with Crippen LogP contribution in [-0.2, 0) is 0 Å². The lowest BCUT2D eigenvalue weighted by atomic mass is 10.1. The van der Waals surface area contributed by atoms with Gasteiger partial charge in [0.25, 0.3) is 0 Å². The molecule has 0 saturated carbocycles. The van der Waals surface area contributed by atoms with Gasteiger partial charge in [0.1, 0.15) is 5.82 Å². The fraction of sp³-hybridized carbons (Fsp3) is 0.182. The minimum absolute atomic E-state index is 0.00241. The zero-order valence-electron chi connectivity index (χ0n) is 8.33. The van der Waals surface area contributed by atoms with E-state index in [1.54, 1.807) is 13.0 Å². The summed E-state index contributed by atoms with van der Waals surface area (Å²) < 4.78 is 13.3. The Balaban J connectivity index is 3.13. The number of nitrogens with one attached hydrogen (secondary N) is 1. The molecule has 15 heavy (non-hydrogen) atoms. The van der Waals surface area contributed by atoms with Gasteiger partial charge in [0, 0.05) is 6.04 Å². The molecular weight excluding hydrogens is 197 g/mol. The van der Waals surface area contributed by atoms with Gasteiger partial charge in [0.05, 0.1) is 11.3 Å². The molecule has 1 rings (SSSR count). The number of carboxylic acids is 1. The van der Waals surface area contributed by atoms with Gasteiger partial charge in [-0.25, -0.2) is 9.18 Å². The smallest absolute Gasteiger partial charge is 0.337 e. The van der Waals surface area contributed by atoms with E-state index in [1.165, 1.54) is 18.2 Å². The summed E-state index contributed by atoms with van der Waals surface area (Å²) in [5.41, 5.74) is -0.0823. The maximum absolute atomic E-state index is 13.3. The molecule has 0 saturated heterocycles. The first-order valence-corrected chi connectivity index (χ1v) is 4.47. The van der Waals surface area contributed by atoms with Crippen LogP contribution in [0.5, 0.6) is 0 Å². The highest BCUT2D eigenvalue weighted by molar-refractivity contribution is 5.94. The van der Waals surface area contributed by atoms with Gasteiger partial charge in [0.15, 0.2) is 0 Å². The molecule has 1 atom stereocenters. The van der Waals surface area contributed by atoms with Crippen LogP contribution in [-0.4, -0.2) is 17.1 Å². The number of para-hydroxylation sites is 1. The quantitative estimate of drug-likeness (QED) is 0.749. The average Bonchev–Trinajstić information content (AvgIpc) is 2.20. The van der Waals surface area contributed by atoms with Crippen LogP contribution in [0.3, 0.4) is 0 Å². The monoisotopic (exact) mass is 209 g/mol. The zero-order valence-corrected chi connectivity index (χ0v) is 8.33. The fourth-order valence-corrected chi connectivity index (χ4v) is 1.14. The van der Waals surface area contributed by atoms with E-state index in [-0.39, 0.29) is 17.3 Å². The molecule has 0 spiro atoms. The van der Waals surface area contributed by atoms with E-state index in [4.69, 9.17) is 5.11 Å². The highest BCUT2D eigenvalue weighted by Crippen LogP contribution is 2.20. The molecule has 0 heterocycles. The van der Waals surface area contributed by atoms with Crippen molar-refractivity contribution in [1.82, 2.24) is 0 Å². The van der Waals surface area contributed by atoms with Crippen LogP contribution in [0.1, 0.15) is 17.3 Å². The second kappa shape index (κ2) is 4.59. The summed E-state index contributed by atoms with van der Waals surface area (Å²) in [5, 5.41) is 11.6. The number of halogens is 1. The molecule has 0 aliphatic heterocycles. The lowest BCUT2D eigenvalue weighted by Crippen LogP contribution is -2.15. The Morgan fingerprint density at radius 2 is 2.33 bits per heavy atom. The van der Waals surface area contributed by atoms with Crippen molar-refractivity contribution in [2.75, 3.05) is 5.32 Å². The first kappa shape index (κ1) is 11.2. The van der Waals surface area contributed by atoms with E-state index >= 15 is 0 Å². The maximum Gasteiger partial charge on any atom is 0.337 e. The van der Waals surface area contributed by atoms with Crippen molar-refractivity contribution in [3.8, 4) is 0 Å². The van der Waals surface area contributed by atoms with E-state index in [2.05, 4.69) is 11.9 Å². The Labute approximate surface area is 87.2 Å². The van der Waals surface area contributed by atoms with Crippen LogP contribution < -0.4 is 5.32 Å². The molecule has 4 heteroatoms. The number of carbonyl (C=O) groups is 1.